The molecule has 1 atom stereocenters. The SMILES string of the molecule is C=CC(=O)N1CCN(c2nc(=O)n(-c3c(C)ccnc3C(C)C)c3c4c(c(Cl)cc23)-c2c(C)cccc2COC4=O)[C@@H](C)C1. The van der Waals surface area contributed by atoms with Crippen molar-refractivity contribution in [2.45, 2.75) is 53.2 Å². The van der Waals surface area contributed by atoms with Gasteiger partial charge in [-0.1, -0.05) is 50.2 Å². The van der Waals surface area contributed by atoms with Gasteiger partial charge in [-0.3, -0.25) is 14.3 Å². The van der Waals surface area contributed by atoms with E-state index in [4.69, 9.17) is 16.3 Å². The van der Waals surface area contributed by atoms with Gasteiger partial charge in [-0.05, 0) is 67.2 Å². The first-order valence-electron chi connectivity index (χ1n) is 14.7. The lowest BCUT2D eigenvalue weighted by atomic mass is 9.90. The molecule has 2 aromatic carbocycles. The number of pyridine rings is 1. The third-order valence-electron chi connectivity index (χ3n) is 8.59. The van der Waals surface area contributed by atoms with Crippen LogP contribution in [0.15, 0.2) is 54.0 Å². The van der Waals surface area contributed by atoms with Crippen LogP contribution in [0.2, 0.25) is 5.02 Å². The summed E-state index contributed by atoms with van der Waals surface area (Å²) in [5.41, 5.74) is 5.25. The molecule has 10 heteroatoms. The Labute approximate surface area is 260 Å². The molecule has 0 N–H and O–H groups in total. The highest BCUT2D eigenvalue weighted by atomic mass is 35.5. The van der Waals surface area contributed by atoms with E-state index in [0.717, 1.165) is 22.3 Å². The summed E-state index contributed by atoms with van der Waals surface area (Å²) < 4.78 is 7.37. The molecule has 1 saturated heterocycles. The highest BCUT2D eigenvalue weighted by Crippen LogP contribution is 2.45. The molecular formula is C34H34ClN5O4. The van der Waals surface area contributed by atoms with Crippen molar-refractivity contribution in [3.05, 3.63) is 92.6 Å². The number of piperazine rings is 1. The molecule has 2 aliphatic heterocycles. The number of anilines is 1. The molecular weight excluding hydrogens is 578 g/mol. The Morgan fingerprint density at radius 2 is 1.89 bits per heavy atom. The molecule has 0 spiro atoms. The number of hydrogen-bond acceptors (Lipinski definition) is 7. The van der Waals surface area contributed by atoms with E-state index in [0.29, 0.717) is 58.3 Å². The number of carbonyl (C=O) groups is 2. The van der Waals surface area contributed by atoms with Crippen LogP contribution in [0.1, 0.15) is 59.4 Å². The van der Waals surface area contributed by atoms with Crippen LogP contribution in [-0.2, 0) is 16.1 Å². The molecule has 9 nitrogen and oxygen atoms in total. The molecule has 0 radical (unpaired) electrons. The molecule has 0 aliphatic carbocycles. The maximum Gasteiger partial charge on any atom is 0.354 e. The van der Waals surface area contributed by atoms with E-state index < -0.39 is 11.7 Å². The number of cyclic esters (lactones) is 1. The first kappa shape index (κ1) is 29.6. The summed E-state index contributed by atoms with van der Waals surface area (Å²) in [4.78, 5) is 53.8. The number of aryl methyl sites for hydroxylation is 2. The monoisotopic (exact) mass is 611 g/mol. The second-order valence-electron chi connectivity index (χ2n) is 11.8. The molecule has 226 valence electrons. The van der Waals surface area contributed by atoms with Crippen molar-refractivity contribution in [1.29, 1.82) is 0 Å². The Bertz CT molecular complexity index is 1930. The molecule has 44 heavy (non-hydrogen) atoms. The number of halogens is 1. The molecule has 0 saturated carbocycles. The second kappa shape index (κ2) is 11.2. The van der Waals surface area contributed by atoms with Gasteiger partial charge >= 0.3 is 11.7 Å². The molecule has 4 heterocycles. The summed E-state index contributed by atoms with van der Waals surface area (Å²) in [7, 11) is 0. The number of esters is 1. The van der Waals surface area contributed by atoms with Crippen molar-refractivity contribution in [2.75, 3.05) is 24.5 Å². The van der Waals surface area contributed by atoms with Gasteiger partial charge in [0.2, 0.25) is 5.91 Å². The molecule has 4 aromatic rings. The fraction of sp³-hybridized carbons (Fsp3) is 0.324. The third kappa shape index (κ3) is 4.66. The van der Waals surface area contributed by atoms with Crippen LogP contribution < -0.4 is 10.6 Å². The Morgan fingerprint density at radius 1 is 1.11 bits per heavy atom. The second-order valence-corrected chi connectivity index (χ2v) is 12.2. The van der Waals surface area contributed by atoms with Gasteiger partial charge in [0.05, 0.1) is 27.5 Å². The quantitative estimate of drug-likeness (QED) is 0.215. The van der Waals surface area contributed by atoms with Crippen molar-refractivity contribution in [3.63, 3.8) is 0 Å². The van der Waals surface area contributed by atoms with E-state index in [2.05, 4.69) is 16.5 Å². The number of rotatable bonds is 4. The number of carbonyl (C=O) groups excluding carboxylic acids is 2. The normalized spacial score (nSPS) is 16.4. The first-order chi connectivity index (χ1) is 21.0. The van der Waals surface area contributed by atoms with E-state index in [1.165, 1.54) is 10.6 Å². The fourth-order valence-electron chi connectivity index (χ4n) is 6.52. The zero-order valence-electron chi connectivity index (χ0n) is 25.5. The molecule has 6 rings (SSSR count). The smallest absolute Gasteiger partial charge is 0.354 e. The van der Waals surface area contributed by atoms with Crippen LogP contribution in [0.5, 0.6) is 0 Å². The third-order valence-corrected chi connectivity index (χ3v) is 8.89. The van der Waals surface area contributed by atoms with Gasteiger partial charge in [-0.2, -0.15) is 4.98 Å². The number of aromatic nitrogens is 3. The number of nitrogens with zero attached hydrogens (tertiary/aromatic N) is 5. The highest BCUT2D eigenvalue weighted by Gasteiger charge is 2.34. The summed E-state index contributed by atoms with van der Waals surface area (Å²) in [5, 5.41) is 0.894. The minimum atomic E-state index is -0.574. The largest absolute Gasteiger partial charge is 0.457 e. The molecule has 1 fully saturated rings. The maximum atomic E-state index is 14.4. The van der Waals surface area contributed by atoms with Crippen molar-refractivity contribution in [1.82, 2.24) is 19.4 Å². The molecule has 1 amide bonds. The van der Waals surface area contributed by atoms with Gasteiger partial charge in [-0.15, -0.1) is 0 Å². The Balaban J connectivity index is 1.75. The maximum absolute atomic E-state index is 14.4. The number of amides is 1. The lowest BCUT2D eigenvalue weighted by molar-refractivity contribution is -0.126. The summed E-state index contributed by atoms with van der Waals surface area (Å²) in [5.74, 6) is -0.347. The average Bonchev–Trinajstić information content (AvgIpc) is 3.14. The Morgan fingerprint density at radius 3 is 2.59 bits per heavy atom. The molecule has 2 aliphatic rings. The number of fused-ring (bicyclic) bond motifs is 5. The van der Waals surface area contributed by atoms with Crippen LogP contribution in [0.25, 0.3) is 27.7 Å². The van der Waals surface area contributed by atoms with Crippen LogP contribution in [0.3, 0.4) is 0 Å². The predicted molar refractivity (Wildman–Crippen MR) is 172 cm³/mol. The molecule has 2 aromatic heterocycles. The van der Waals surface area contributed by atoms with Crippen molar-refractivity contribution < 1.29 is 14.3 Å². The van der Waals surface area contributed by atoms with Crippen molar-refractivity contribution in [3.8, 4) is 16.8 Å². The van der Waals surface area contributed by atoms with Crippen molar-refractivity contribution >= 4 is 40.2 Å². The zero-order chi connectivity index (χ0) is 31.4. The first-order valence-corrected chi connectivity index (χ1v) is 15.1. The highest BCUT2D eigenvalue weighted by molar-refractivity contribution is 6.36. The minimum absolute atomic E-state index is 0.0251. The minimum Gasteiger partial charge on any atom is -0.457 e. The van der Waals surface area contributed by atoms with Gasteiger partial charge < -0.3 is 14.5 Å². The molecule has 0 bridgehead atoms. The van der Waals surface area contributed by atoms with Crippen LogP contribution in [-0.4, -0.2) is 57.0 Å². The fourth-order valence-corrected chi connectivity index (χ4v) is 6.81. The van der Waals surface area contributed by atoms with Gasteiger partial charge in [0.1, 0.15) is 12.4 Å². The molecule has 0 unspecified atom stereocenters. The van der Waals surface area contributed by atoms with Gasteiger partial charge in [-0.25, -0.2) is 9.59 Å². The number of benzene rings is 2. The standard InChI is InChI=1S/C34H34ClN5O4/c1-7-25(41)38-13-14-39(21(6)16-38)32-23-15-24(35)27-26-19(4)9-8-10-22(26)17-44-33(42)28(27)31(23)40(34(43)37-32)30-20(5)11-12-36-29(30)18(2)3/h7-12,15,18,21H,1,13-14,16-17H2,2-6H3/t21-/m0/s1. The van der Waals surface area contributed by atoms with Gasteiger partial charge in [0.15, 0.2) is 0 Å². The van der Waals surface area contributed by atoms with E-state index in [-0.39, 0.29) is 30.0 Å². The van der Waals surface area contributed by atoms with E-state index in [1.54, 1.807) is 17.2 Å². The lowest BCUT2D eigenvalue weighted by Crippen LogP contribution is -2.54. The predicted octanol–water partition coefficient (Wildman–Crippen LogP) is 5.73. The van der Waals surface area contributed by atoms with Gasteiger partial charge in [0.25, 0.3) is 0 Å². The average molecular weight is 612 g/mol. The van der Waals surface area contributed by atoms with E-state index >= 15 is 0 Å². The van der Waals surface area contributed by atoms with Crippen LogP contribution in [0.4, 0.5) is 5.82 Å². The zero-order valence-corrected chi connectivity index (χ0v) is 26.2. The summed E-state index contributed by atoms with van der Waals surface area (Å²) >= 11 is 7.12. The number of ether oxygens (including phenoxy) is 1. The Hall–Kier alpha value is -4.50. The van der Waals surface area contributed by atoms with E-state index in [1.807, 2.05) is 63.8 Å². The topological polar surface area (TPSA) is 97.6 Å². The summed E-state index contributed by atoms with van der Waals surface area (Å²) in [6.45, 7) is 14.8. The lowest BCUT2D eigenvalue weighted by Gasteiger charge is -2.40. The van der Waals surface area contributed by atoms with Crippen LogP contribution in [0, 0.1) is 13.8 Å². The van der Waals surface area contributed by atoms with E-state index in [9.17, 15) is 14.4 Å². The summed E-state index contributed by atoms with van der Waals surface area (Å²) in [6.07, 6.45) is 3.03. The van der Waals surface area contributed by atoms with Crippen LogP contribution >= 0.6 is 11.6 Å². The summed E-state index contributed by atoms with van der Waals surface area (Å²) in [6, 6.07) is 9.28. The van der Waals surface area contributed by atoms with Crippen molar-refractivity contribution in [2.24, 2.45) is 0 Å². The Kier molecular flexibility index (Phi) is 7.53. The van der Waals surface area contributed by atoms with Gasteiger partial charge in [0, 0.05) is 42.8 Å². The number of hydrogen-bond donors (Lipinski definition) is 0.